The van der Waals surface area contributed by atoms with E-state index >= 15 is 0 Å². The molecule has 0 fully saturated rings. The molecule has 0 saturated heterocycles. The molecule has 0 unspecified atom stereocenters. The Hall–Kier alpha value is -1.58. The number of carbonyl (C=O) groups excluding carboxylic acids is 1. The zero-order valence-electron chi connectivity index (χ0n) is 7.80. The molecular weight excluding hydrogens is 258 g/mol. The monoisotopic (exact) mass is 265 g/mol. The van der Waals surface area contributed by atoms with Crippen LogP contribution in [-0.4, -0.2) is 12.8 Å². The SMILES string of the molecule is [N-]=[N+]=NCC=Cc1cc(Br)cc(C=O)c1. The lowest BCUT2D eigenvalue weighted by Crippen LogP contribution is -1.82. The molecule has 15 heavy (non-hydrogen) atoms. The fraction of sp³-hybridized carbons (Fsp3) is 0.100. The van der Waals surface area contributed by atoms with Crippen molar-refractivity contribution in [3.05, 3.63) is 50.3 Å². The van der Waals surface area contributed by atoms with E-state index in [2.05, 4.69) is 26.0 Å². The Balaban J connectivity index is 2.84. The fourth-order valence-electron chi connectivity index (χ4n) is 1.07. The molecule has 0 bridgehead atoms. The van der Waals surface area contributed by atoms with Crippen LogP contribution in [0.4, 0.5) is 0 Å². The highest BCUT2D eigenvalue weighted by Crippen LogP contribution is 2.15. The lowest BCUT2D eigenvalue weighted by atomic mass is 10.1. The molecule has 76 valence electrons. The molecule has 5 heteroatoms. The standard InChI is InChI=1S/C10H8BrN3O/c11-10-5-8(2-1-3-13-14-12)4-9(6-10)7-15/h1-2,4-7H,3H2. The van der Waals surface area contributed by atoms with Crippen molar-refractivity contribution in [1.29, 1.82) is 0 Å². The Kier molecular flexibility index (Phi) is 4.60. The van der Waals surface area contributed by atoms with Crippen LogP contribution in [0.1, 0.15) is 15.9 Å². The number of azide groups is 1. The average molecular weight is 266 g/mol. The minimum absolute atomic E-state index is 0.305. The first-order valence-corrected chi connectivity index (χ1v) is 4.98. The van der Waals surface area contributed by atoms with Gasteiger partial charge in [-0.3, -0.25) is 4.79 Å². The molecule has 0 spiro atoms. The van der Waals surface area contributed by atoms with Gasteiger partial charge in [0.15, 0.2) is 0 Å². The van der Waals surface area contributed by atoms with Gasteiger partial charge in [-0.05, 0) is 29.3 Å². The van der Waals surface area contributed by atoms with Crippen molar-refractivity contribution in [2.75, 3.05) is 6.54 Å². The molecule has 0 atom stereocenters. The predicted octanol–water partition coefficient (Wildman–Crippen LogP) is 3.59. The van der Waals surface area contributed by atoms with Gasteiger partial charge in [-0.1, -0.05) is 33.2 Å². The lowest BCUT2D eigenvalue weighted by molar-refractivity contribution is 0.112. The summed E-state index contributed by atoms with van der Waals surface area (Å²) in [5.74, 6) is 0. The third-order valence-corrected chi connectivity index (χ3v) is 2.10. The normalized spacial score (nSPS) is 9.93. The van der Waals surface area contributed by atoms with E-state index in [0.717, 1.165) is 16.3 Å². The summed E-state index contributed by atoms with van der Waals surface area (Å²) in [6.07, 6.45) is 4.32. The second kappa shape index (κ2) is 6.01. The van der Waals surface area contributed by atoms with E-state index in [4.69, 9.17) is 5.53 Å². The summed E-state index contributed by atoms with van der Waals surface area (Å²) < 4.78 is 0.843. The molecule has 0 aliphatic rings. The van der Waals surface area contributed by atoms with Crippen LogP contribution in [0.3, 0.4) is 0 Å². The molecule has 0 heterocycles. The van der Waals surface area contributed by atoms with Crippen molar-refractivity contribution < 1.29 is 4.79 Å². The second-order valence-electron chi connectivity index (χ2n) is 2.75. The van der Waals surface area contributed by atoms with Crippen LogP contribution in [0.15, 0.2) is 33.9 Å². The first kappa shape index (κ1) is 11.5. The van der Waals surface area contributed by atoms with Crippen molar-refractivity contribution in [2.24, 2.45) is 5.11 Å². The molecule has 0 N–H and O–H groups in total. The number of hydrogen-bond acceptors (Lipinski definition) is 2. The van der Waals surface area contributed by atoms with Crippen LogP contribution in [0, 0.1) is 0 Å². The molecule has 0 aliphatic carbocycles. The molecule has 0 amide bonds. The Morgan fingerprint density at radius 1 is 1.40 bits per heavy atom. The maximum Gasteiger partial charge on any atom is 0.150 e. The number of aldehydes is 1. The van der Waals surface area contributed by atoms with Crippen LogP contribution < -0.4 is 0 Å². The van der Waals surface area contributed by atoms with Crippen molar-refractivity contribution in [2.45, 2.75) is 0 Å². The first-order chi connectivity index (χ1) is 7.26. The van der Waals surface area contributed by atoms with Crippen LogP contribution >= 0.6 is 15.9 Å². The maximum absolute atomic E-state index is 10.6. The first-order valence-electron chi connectivity index (χ1n) is 4.19. The Morgan fingerprint density at radius 2 is 2.13 bits per heavy atom. The topological polar surface area (TPSA) is 65.8 Å². The Labute approximate surface area is 95.4 Å². The molecule has 0 saturated carbocycles. The molecule has 0 radical (unpaired) electrons. The van der Waals surface area contributed by atoms with E-state index in [1.54, 1.807) is 24.3 Å². The highest BCUT2D eigenvalue weighted by atomic mass is 79.9. The van der Waals surface area contributed by atoms with Gasteiger partial charge in [0.25, 0.3) is 0 Å². The highest BCUT2D eigenvalue weighted by molar-refractivity contribution is 9.10. The smallest absolute Gasteiger partial charge is 0.150 e. The quantitative estimate of drug-likeness (QED) is 0.355. The minimum atomic E-state index is 0.305. The van der Waals surface area contributed by atoms with Crippen LogP contribution in [-0.2, 0) is 0 Å². The third-order valence-electron chi connectivity index (χ3n) is 1.64. The molecule has 1 aromatic rings. The van der Waals surface area contributed by atoms with Crippen molar-refractivity contribution in [1.82, 2.24) is 0 Å². The van der Waals surface area contributed by atoms with E-state index in [9.17, 15) is 4.79 Å². The highest BCUT2D eigenvalue weighted by Gasteiger charge is 1.95. The van der Waals surface area contributed by atoms with Gasteiger partial charge in [-0.15, -0.1) is 0 Å². The zero-order valence-corrected chi connectivity index (χ0v) is 9.39. The minimum Gasteiger partial charge on any atom is -0.298 e. The maximum atomic E-state index is 10.6. The molecule has 1 rings (SSSR count). The molecule has 0 aliphatic heterocycles. The summed E-state index contributed by atoms with van der Waals surface area (Å²) in [5.41, 5.74) is 9.55. The van der Waals surface area contributed by atoms with Crippen LogP contribution in [0.2, 0.25) is 0 Å². The number of carbonyl (C=O) groups is 1. The summed E-state index contributed by atoms with van der Waals surface area (Å²) in [5, 5.41) is 3.36. The predicted molar refractivity (Wildman–Crippen MR) is 62.6 cm³/mol. The average Bonchev–Trinajstić information content (AvgIpc) is 2.23. The number of hydrogen-bond donors (Lipinski definition) is 0. The van der Waals surface area contributed by atoms with E-state index < -0.39 is 0 Å². The van der Waals surface area contributed by atoms with E-state index in [0.29, 0.717) is 12.1 Å². The van der Waals surface area contributed by atoms with Gasteiger partial charge in [0.2, 0.25) is 0 Å². The summed E-state index contributed by atoms with van der Waals surface area (Å²) in [6.45, 7) is 0.305. The summed E-state index contributed by atoms with van der Waals surface area (Å²) in [4.78, 5) is 13.2. The fourth-order valence-corrected chi connectivity index (χ4v) is 1.60. The van der Waals surface area contributed by atoms with E-state index in [-0.39, 0.29) is 0 Å². The number of halogens is 1. The Morgan fingerprint density at radius 3 is 2.80 bits per heavy atom. The van der Waals surface area contributed by atoms with Gasteiger partial charge < -0.3 is 0 Å². The number of rotatable bonds is 4. The third kappa shape index (κ3) is 3.97. The van der Waals surface area contributed by atoms with Crippen LogP contribution in [0.5, 0.6) is 0 Å². The van der Waals surface area contributed by atoms with Gasteiger partial charge in [-0.2, -0.15) is 0 Å². The van der Waals surface area contributed by atoms with Gasteiger partial charge >= 0.3 is 0 Å². The zero-order chi connectivity index (χ0) is 11.1. The second-order valence-corrected chi connectivity index (χ2v) is 3.67. The van der Waals surface area contributed by atoms with Gasteiger partial charge in [-0.25, -0.2) is 0 Å². The van der Waals surface area contributed by atoms with E-state index in [1.165, 1.54) is 0 Å². The van der Waals surface area contributed by atoms with Crippen molar-refractivity contribution in [3.8, 4) is 0 Å². The van der Waals surface area contributed by atoms with Crippen LogP contribution in [0.25, 0.3) is 16.5 Å². The molecule has 1 aromatic carbocycles. The Bertz CT molecular complexity index is 436. The van der Waals surface area contributed by atoms with E-state index in [1.807, 2.05) is 6.07 Å². The summed E-state index contributed by atoms with van der Waals surface area (Å²) in [6, 6.07) is 5.36. The molecule has 0 aromatic heterocycles. The van der Waals surface area contributed by atoms with Crippen molar-refractivity contribution in [3.63, 3.8) is 0 Å². The number of benzene rings is 1. The van der Waals surface area contributed by atoms with Crippen molar-refractivity contribution >= 4 is 28.3 Å². The largest absolute Gasteiger partial charge is 0.298 e. The van der Waals surface area contributed by atoms with Gasteiger partial charge in [0, 0.05) is 21.5 Å². The number of nitrogens with zero attached hydrogens (tertiary/aromatic N) is 3. The van der Waals surface area contributed by atoms with Gasteiger partial charge in [0.1, 0.15) is 6.29 Å². The molecular formula is C10H8BrN3O. The molecule has 4 nitrogen and oxygen atoms in total. The lowest BCUT2D eigenvalue weighted by Gasteiger charge is -1.97. The van der Waals surface area contributed by atoms with Gasteiger partial charge in [0.05, 0.1) is 0 Å². The summed E-state index contributed by atoms with van der Waals surface area (Å²) >= 11 is 3.30. The summed E-state index contributed by atoms with van der Waals surface area (Å²) in [7, 11) is 0.